The number of aryl methyl sites for hydroxylation is 2. The maximum absolute atomic E-state index is 5.50. The fourth-order valence-corrected chi connectivity index (χ4v) is 21.6. The minimum Gasteiger partial charge on any atom is -0.337 e. The summed E-state index contributed by atoms with van der Waals surface area (Å²) < 4.78 is 26.4. The number of fused-ring (bicyclic) bond motifs is 14. The van der Waals surface area contributed by atoms with Crippen molar-refractivity contribution in [1.29, 1.82) is 0 Å². The van der Waals surface area contributed by atoms with Crippen molar-refractivity contribution in [3.05, 3.63) is 21.9 Å². The summed E-state index contributed by atoms with van der Waals surface area (Å²) in [6.45, 7) is 16.4. The van der Waals surface area contributed by atoms with Crippen LogP contribution in [0.1, 0.15) is 374 Å². The van der Waals surface area contributed by atoms with Gasteiger partial charge in [0.2, 0.25) is 0 Å². The van der Waals surface area contributed by atoms with E-state index >= 15 is 0 Å². The summed E-state index contributed by atoms with van der Waals surface area (Å²) in [4.78, 5) is 0. The van der Waals surface area contributed by atoms with E-state index in [1.807, 2.05) is 0 Å². The van der Waals surface area contributed by atoms with Gasteiger partial charge in [0.05, 0.1) is 62.0 Å². The Hall–Kier alpha value is -2.04. The van der Waals surface area contributed by atoms with E-state index < -0.39 is 0 Å². The second-order valence-electron chi connectivity index (χ2n) is 28.6. The lowest BCUT2D eigenvalue weighted by molar-refractivity contribution is 0.362. The predicted molar refractivity (Wildman–Crippen MR) is 409 cm³/mol. The summed E-state index contributed by atoms with van der Waals surface area (Å²) in [5.41, 5.74) is 11.8. The molecule has 4 nitrogen and oxygen atoms in total. The zero-order valence-corrected chi connectivity index (χ0v) is 62.4. The number of hydrogen-bond acceptors (Lipinski definition) is 7. The highest BCUT2D eigenvalue weighted by atomic mass is 32.1. The van der Waals surface area contributed by atoms with Gasteiger partial charge in [-0.15, -0.1) is 45.3 Å². The Bertz CT molecular complexity index is 3130. The van der Waals surface area contributed by atoms with E-state index in [9.17, 15) is 0 Å². The second kappa shape index (κ2) is 42.4. The SMILES string of the molecule is CCCCCCCCCCCCC(CCCCCCCCCC)Cn1c2c3scc(CCCCCCCCCCC)c3sc2c2c3nsnc3c3c4sc5c(CCCCCCCCCCC)csc5c4n(CC(CCCCCC)CCCCCCCC)c3c21. The van der Waals surface area contributed by atoms with Crippen molar-refractivity contribution in [2.45, 2.75) is 389 Å². The molecule has 0 aliphatic heterocycles. The van der Waals surface area contributed by atoms with Gasteiger partial charge in [-0.3, -0.25) is 0 Å². The lowest BCUT2D eigenvalue weighted by Gasteiger charge is -2.22. The van der Waals surface area contributed by atoms with Crippen LogP contribution >= 0.6 is 57.1 Å². The maximum Gasteiger partial charge on any atom is 0.116 e. The van der Waals surface area contributed by atoms with Crippen LogP contribution in [0.4, 0.5) is 0 Å². The summed E-state index contributed by atoms with van der Waals surface area (Å²) in [6, 6.07) is 0. The highest BCUT2D eigenvalue weighted by Gasteiger charge is 2.32. The lowest BCUT2D eigenvalue weighted by atomic mass is 9.93. The van der Waals surface area contributed by atoms with Crippen molar-refractivity contribution in [1.82, 2.24) is 17.9 Å². The van der Waals surface area contributed by atoms with E-state index in [0.717, 1.165) is 13.1 Å². The lowest BCUT2D eigenvalue weighted by Crippen LogP contribution is -2.14. The summed E-state index contributed by atoms with van der Waals surface area (Å²) in [6.07, 6.45) is 71.6. The molecule has 500 valence electrons. The van der Waals surface area contributed by atoms with Crippen molar-refractivity contribution >= 4 is 129 Å². The Balaban J connectivity index is 1.23. The highest BCUT2D eigenvalue weighted by molar-refractivity contribution is 7.34. The molecule has 9 heteroatoms. The number of thiophene rings is 4. The van der Waals surface area contributed by atoms with Gasteiger partial charge >= 0.3 is 0 Å². The molecule has 2 atom stereocenters. The smallest absolute Gasteiger partial charge is 0.116 e. The summed E-state index contributed by atoms with van der Waals surface area (Å²) >= 11 is 9.97. The largest absolute Gasteiger partial charge is 0.337 e. The van der Waals surface area contributed by atoms with Crippen LogP contribution in [-0.2, 0) is 25.9 Å². The van der Waals surface area contributed by atoms with Gasteiger partial charge < -0.3 is 9.13 Å². The molecule has 0 amide bonds. The van der Waals surface area contributed by atoms with Crippen LogP contribution in [0.3, 0.4) is 0 Å². The van der Waals surface area contributed by atoms with Gasteiger partial charge in [-0.05, 0) is 85.1 Å². The zero-order valence-electron chi connectivity index (χ0n) is 58.3. The molecule has 0 saturated heterocycles. The number of unbranched alkanes of at least 4 members (excludes halogenated alkanes) is 40. The zero-order chi connectivity index (χ0) is 62.1. The van der Waals surface area contributed by atoms with Crippen LogP contribution in [0.25, 0.3) is 72.1 Å². The van der Waals surface area contributed by atoms with E-state index in [4.69, 9.17) is 8.75 Å². The Morgan fingerprint density at radius 3 is 0.843 bits per heavy atom. The van der Waals surface area contributed by atoms with Gasteiger partial charge in [-0.1, -0.05) is 324 Å². The number of benzene rings is 1. The summed E-state index contributed by atoms with van der Waals surface area (Å²) in [7, 11) is 0. The maximum atomic E-state index is 5.50. The molecule has 8 rings (SSSR count). The monoisotopic (exact) mass is 1310 g/mol. The van der Waals surface area contributed by atoms with E-state index in [0.29, 0.717) is 11.8 Å². The van der Waals surface area contributed by atoms with Gasteiger partial charge in [0.25, 0.3) is 0 Å². The Labute approximate surface area is 565 Å². The summed E-state index contributed by atoms with van der Waals surface area (Å²) in [5.74, 6) is 1.32. The third-order valence-electron chi connectivity index (χ3n) is 20.9. The molecule has 0 fully saturated rings. The molecule has 2 unspecified atom stereocenters. The van der Waals surface area contributed by atoms with Crippen LogP contribution in [0.15, 0.2) is 10.8 Å². The Morgan fingerprint density at radius 1 is 0.292 bits per heavy atom. The molecule has 1 aromatic carbocycles. The molecule has 0 spiro atoms. The van der Waals surface area contributed by atoms with Crippen LogP contribution in [-0.4, -0.2) is 17.9 Å². The predicted octanol–water partition coefficient (Wildman–Crippen LogP) is 30.4. The molecule has 7 aromatic heterocycles. The van der Waals surface area contributed by atoms with Crippen molar-refractivity contribution in [3.8, 4) is 0 Å². The van der Waals surface area contributed by atoms with Crippen molar-refractivity contribution < 1.29 is 0 Å². The van der Waals surface area contributed by atoms with Crippen molar-refractivity contribution in [3.63, 3.8) is 0 Å². The van der Waals surface area contributed by atoms with Gasteiger partial charge in [-0.25, -0.2) is 0 Å². The minimum atomic E-state index is 0.662. The molecular formula is C80H130N4S5. The third kappa shape index (κ3) is 21.5. The van der Waals surface area contributed by atoms with Crippen molar-refractivity contribution in [2.24, 2.45) is 11.8 Å². The average Bonchev–Trinajstić information content (AvgIpc) is 1.52. The Morgan fingerprint density at radius 2 is 0.551 bits per heavy atom. The number of aromatic nitrogens is 4. The van der Waals surface area contributed by atoms with Gasteiger partial charge in [0.1, 0.15) is 11.0 Å². The molecule has 0 radical (unpaired) electrons. The van der Waals surface area contributed by atoms with Gasteiger partial charge in [0, 0.05) is 23.9 Å². The van der Waals surface area contributed by atoms with E-state index in [1.165, 1.54) is 388 Å². The van der Waals surface area contributed by atoms with Crippen LogP contribution < -0.4 is 0 Å². The fraction of sp³-hybridized carbons (Fsp3) is 0.775. The molecule has 0 aliphatic carbocycles. The first kappa shape index (κ1) is 72.8. The molecule has 7 heterocycles. The van der Waals surface area contributed by atoms with E-state index in [1.54, 1.807) is 41.0 Å². The average molecular weight is 1310 g/mol. The Kier molecular flexibility index (Phi) is 34.7. The first-order valence-corrected chi connectivity index (χ1v) is 43.1. The normalized spacial score (nSPS) is 13.1. The molecular weight excluding hydrogens is 1180 g/mol. The van der Waals surface area contributed by atoms with E-state index in [-0.39, 0.29) is 0 Å². The second-order valence-corrected chi connectivity index (χ2v) is 32.9. The quantitative estimate of drug-likeness (QED) is 0.0356. The molecule has 0 bridgehead atoms. The van der Waals surface area contributed by atoms with Crippen LogP contribution in [0, 0.1) is 11.8 Å². The van der Waals surface area contributed by atoms with E-state index in [2.05, 4.69) is 107 Å². The molecule has 89 heavy (non-hydrogen) atoms. The van der Waals surface area contributed by atoms with Crippen LogP contribution in [0.5, 0.6) is 0 Å². The number of hydrogen-bond donors (Lipinski definition) is 0. The molecule has 0 aliphatic rings. The molecule has 0 saturated carbocycles. The first-order chi connectivity index (χ1) is 44.1. The number of rotatable bonds is 56. The standard InChI is InChI=1S/C80H130N4S5/c1-7-13-19-25-30-34-37-39-44-50-56-64(55-49-43-38-33-28-22-16-10-4)60-84-72-68(78-74(84)80-76(88-78)66(62-86-80)58-52-46-41-36-32-27-21-15-9-3)70-69(81-89-82-70)67-71(72)83(59-63(53-47-24-18-12-6)54-48-42-29-23-17-11-5)73-77(67)87-75-65(61-85-79(73)75)57-51-45-40-35-31-26-20-14-8-2/h61-64H,7-60H2,1-6H3. The molecule has 8 aromatic rings. The number of nitrogens with zero attached hydrogens (tertiary/aromatic N) is 4. The fourth-order valence-electron chi connectivity index (χ4n) is 15.5. The summed E-state index contributed by atoms with van der Waals surface area (Å²) in [5, 5.41) is 8.09. The third-order valence-corrected chi connectivity index (χ3v) is 26.3. The van der Waals surface area contributed by atoms with Crippen LogP contribution in [0.2, 0.25) is 0 Å². The molecule has 0 N–H and O–H groups in total. The first-order valence-electron chi connectivity index (χ1n) is 39.0. The van der Waals surface area contributed by atoms with Gasteiger partial charge in [0.15, 0.2) is 0 Å². The van der Waals surface area contributed by atoms with Crippen molar-refractivity contribution in [2.75, 3.05) is 0 Å². The highest BCUT2D eigenvalue weighted by Crippen LogP contribution is 2.54. The minimum absolute atomic E-state index is 0.662. The topological polar surface area (TPSA) is 35.6 Å². The van der Waals surface area contributed by atoms with Gasteiger partial charge in [-0.2, -0.15) is 8.75 Å².